The predicted octanol–water partition coefficient (Wildman–Crippen LogP) is 5.71. The van der Waals surface area contributed by atoms with Gasteiger partial charge in [-0.15, -0.1) is 0 Å². The number of amides is 4. The minimum absolute atomic E-state index is 0.166. The molecule has 0 bridgehead atoms. The normalized spacial score (nSPS) is 14.7. The first-order valence-corrected chi connectivity index (χ1v) is 12.2. The van der Waals surface area contributed by atoms with Gasteiger partial charge in [-0.2, -0.15) is 0 Å². The fourth-order valence-electron chi connectivity index (χ4n) is 3.77. The molecule has 8 heteroatoms. The van der Waals surface area contributed by atoms with Crippen molar-refractivity contribution < 1.29 is 23.9 Å². The lowest BCUT2D eigenvalue weighted by Gasteiger charge is -2.27. The van der Waals surface area contributed by atoms with E-state index in [1.165, 1.54) is 6.08 Å². The van der Waals surface area contributed by atoms with Crippen molar-refractivity contribution in [1.29, 1.82) is 0 Å². The molecule has 0 aromatic heterocycles. The summed E-state index contributed by atoms with van der Waals surface area (Å²) >= 11 is 3.53. The fourth-order valence-corrected chi connectivity index (χ4v) is 4.35. The van der Waals surface area contributed by atoms with Crippen molar-refractivity contribution >= 4 is 45.5 Å². The number of para-hydroxylation sites is 1. The summed E-state index contributed by atoms with van der Waals surface area (Å²) in [5, 5.41) is 2.26. The number of aryl methyl sites for hydroxylation is 2. The van der Waals surface area contributed by atoms with Gasteiger partial charge in [-0.25, -0.2) is 9.69 Å². The molecule has 1 saturated heterocycles. The number of benzene rings is 3. The number of hydrogen-bond donors (Lipinski definition) is 1. The van der Waals surface area contributed by atoms with E-state index in [4.69, 9.17) is 9.47 Å². The maximum atomic E-state index is 13.3. The Bertz CT molecular complexity index is 1360. The third-order valence-corrected chi connectivity index (χ3v) is 6.19. The van der Waals surface area contributed by atoms with Crippen LogP contribution in [0.2, 0.25) is 0 Å². The van der Waals surface area contributed by atoms with Gasteiger partial charge < -0.3 is 9.47 Å². The van der Waals surface area contributed by atoms with Crippen LogP contribution in [0.25, 0.3) is 6.08 Å². The maximum absolute atomic E-state index is 13.3. The molecule has 36 heavy (non-hydrogen) atoms. The molecule has 7 nitrogen and oxygen atoms in total. The van der Waals surface area contributed by atoms with Crippen molar-refractivity contribution in [2.45, 2.75) is 27.4 Å². The summed E-state index contributed by atoms with van der Waals surface area (Å²) in [5.74, 6) is -0.493. The Morgan fingerprint density at radius 2 is 1.69 bits per heavy atom. The summed E-state index contributed by atoms with van der Waals surface area (Å²) in [6, 6.07) is 17.6. The zero-order chi connectivity index (χ0) is 25.8. The summed E-state index contributed by atoms with van der Waals surface area (Å²) in [6.07, 6.45) is 1.44. The van der Waals surface area contributed by atoms with Gasteiger partial charge in [0.1, 0.15) is 12.2 Å². The molecule has 1 aliphatic rings. The van der Waals surface area contributed by atoms with Gasteiger partial charge in [0.15, 0.2) is 11.5 Å². The van der Waals surface area contributed by atoms with E-state index in [1.54, 1.807) is 37.3 Å². The standard InChI is InChI=1S/C28H25BrN2O5/c1-4-35-24-15-20(14-22(29)25(24)36-16-19-11-9-17(2)10-12-19)13-21-26(32)30-28(34)31(27(21)33)23-8-6-5-7-18(23)3/h5-15H,4,16H2,1-3H3,(H,30,32,34)/b21-13+. The molecular weight excluding hydrogens is 524 g/mol. The molecule has 3 aromatic rings. The molecule has 1 aliphatic heterocycles. The second-order valence-corrected chi connectivity index (χ2v) is 9.14. The minimum Gasteiger partial charge on any atom is -0.490 e. The highest BCUT2D eigenvalue weighted by Crippen LogP contribution is 2.38. The molecule has 0 radical (unpaired) electrons. The lowest BCUT2D eigenvalue weighted by atomic mass is 10.1. The minimum atomic E-state index is -0.785. The van der Waals surface area contributed by atoms with Gasteiger partial charge >= 0.3 is 6.03 Å². The van der Waals surface area contributed by atoms with Crippen LogP contribution in [0.4, 0.5) is 10.5 Å². The van der Waals surface area contributed by atoms with E-state index in [9.17, 15) is 14.4 Å². The maximum Gasteiger partial charge on any atom is 0.335 e. The van der Waals surface area contributed by atoms with Crippen LogP contribution < -0.4 is 19.7 Å². The molecule has 1 heterocycles. The number of ether oxygens (including phenoxy) is 2. The number of hydrogen-bond acceptors (Lipinski definition) is 5. The third-order valence-electron chi connectivity index (χ3n) is 5.60. The van der Waals surface area contributed by atoms with Crippen LogP contribution in [0, 0.1) is 13.8 Å². The second-order valence-electron chi connectivity index (χ2n) is 8.28. The van der Waals surface area contributed by atoms with Crippen molar-refractivity contribution in [2.75, 3.05) is 11.5 Å². The predicted molar refractivity (Wildman–Crippen MR) is 141 cm³/mol. The Morgan fingerprint density at radius 1 is 0.972 bits per heavy atom. The summed E-state index contributed by atoms with van der Waals surface area (Å²) in [4.78, 5) is 39.4. The lowest BCUT2D eigenvalue weighted by Crippen LogP contribution is -2.54. The van der Waals surface area contributed by atoms with Crippen molar-refractivity contribution in [3.63, 3.8) is 0 Å². The number of carbonyl (C=O) groups excluding carboxylic acids is 3. The molecule has 3 aromatic carbocycles. The molecule has 0 saturated carbocycles. The smallest absolute Gasteiger partial charge is 0.335 e. The van der Waals surface area contributed by atoms with Gasteiger partial charge in [-0.3, -0.25) is 14.9 Å². The van der Waals surface area contributed by atoms with Crippen molar-refractivity contribution in [1.82, 2.24) is 5.32 Å². The first kappa shape index (κ1) is 25.2. The Hall–Kier alpha value is -3.91. The lowest BCUT2D eigenvalue weighted by molar-refractivity contribution is -0.122. The van der Waals surface area contributed by atoms with Gasteiger partial charge in [0.2, 0.25) is 0 Å². The van der Waals surface area contributed by atoms with Crippen LogP contribution in [0.5, 0.6) is 11.5 Å². The van der Waals surface area contributed by atoms with E-state index >= 15 is 0 Å². The van der Waals surface area contributed by atoms with Gasteiger partial charge in [0.05, 0.1) is 16.8 Å². The summed E-state index contributed by atoms with van der Waals surface area (Å²) in [5.41, 5.74) is 3.68. The average molecular weight is 549 g/mol. The summed E-state index contributed by atoms with van der Waals surface area (Å²) in [6.45, 7) is 6.40. The van der Waals surface area contributed by atoms with E-state index in [0.29, 0.717) is 40.4 Å². The third kappa shape index (κ3) is 5.33. The molecule has 4 amide bonds. The van der Waals surface area contributed by atoms with Crippen molar-refractivity contribution in [2.24, 2.45) is 0 Å². The number of carbonyl (C=O) groups is 3. The highest BCUT2D eigenvalue weighted by Gasteiger charge is 2.37. The number of nitrogens with one attached hydrogen (secondary N) is 1. The van der Waals surface area contributed by atoms with Crippen LogP contribution >= 0.6 is 15.9 Å². The number of barbiturate groups is 1. The van der Waals surface area contributed by atoms with Crippen LogP contribution in [0.3, 0.4) is 0 Å². The number of halogens is 1. The van der Waals surface area contributed by atoms with Gasteiger partial charge in [0, 0.05) is 0 Å². The fraction of sp³-hybridized carbons (Fsp3) is 0.179. The average Bonchev–Trinajstić information content (AvgIpc) is 2.83. The van der Waals surface area contributed by atoms with Crippen molar-refractivity contribution in [3.8, 4) is 11.5 Å². The second kappa shape index (κ2) is 10.8. The molecule has 0 aliphatic carbocycles. The molecule has 1 fully saturated rings. The van der Waals surface area contributed by atoms with Crippen LogP contribution in [0.15, 0.2) is 70.7 Å². The van der Waals surface area contributed by atoms with Gasteiger partial charge in [-0.1, -0.05) is 48.0 Å². The number of rotatable bonds is 7. The largest absolute Gasteiger partial charge is 0.490 e. The van der Waals surface area contributed by atoms with E-state index < -0.39 is 17.8 Å². The Labute approximate surface area is 217 Å². The molecule has 184 valence electrons. The van der Waals surface area contributed by atoms with Crippen LogP contribution in [-0.4, -0.2) is 24.5 Å². The first-order chi connectivity index (χ1) is 17.3. The number of imide groups is 2. The molecular formula is C28H25BrN2O5. The quantitative estimate of drug-likeness (QED) is 0.302. The highest BCUT2D eigenvalue weighted by molar-refractivity contribution is 9.10. The number of nitrogens with zero attached hydrogens (tertiary/aromatic N) is 1. The molecule has 0 unspecified atom stereocenters. The van der Waals surface area contributed by atoms with Gasteiger partial charge in [-0.05, 0) is 77.7 Å². The number of urea groups is 1. The topological polar surface area (TPSA) is 84.9 Å². The zero-order valence-corrected chi connectivity index (χ0v) is 21.7. The van der Waals surface area contributed by atoms with Crippen LogP contribution in [0.1, 0.15) is 29.2 Å². The Kier molecular flexibility index (Phi) is 7.55. The molecule has 1 N–H and O–H groups in total. The Morgan fingerprint density at radius 3 is 2.39 bits per heavy atom. The van der Waals surface area contributed by atoms with E-state index in [0.717, 1.165) is 21.6 Å². The Balaban J connectivity index is 1.66. The molecule has 0 spiro atoms. The van der Waals surface area contributed by atoms with E-state index in [1.807, 2.05) is 44.2 Å². The monoisotopic (exact) mass is 548 g/mol. The van der Waals surface area contributed by atoms with E-state index in [2.05, 4.69) is 21.2 Å². The van der Waals surface area contributed by atoms with E-state index in [-0.39, 0.29) is 5.57 Å². The summed E-state index contributed by atoms with van der Waals surface area (Å²) < 4.78 is 12.4. The van der Waals surface area contributed by atoms with Gasteiger partial charge in [0.25, 0.3) is 11.8 Å². The SMILES string of the molecule is CCOc1cc(/C=C2\C(=O)NC(=O)N(c3ccccc3C)C2=O)cc(Br)c1OCc1ccc(C)cc1. The number of anilines is 1. The molecule has 4 rings (SSSR count). The van der Waals surface area contributed by atoms with Crippen LogP contribution in [-0.2, 0) is 16.2 Å². The zero-order valence-electron chi connectivity index (χ0n) is 20.1. The summed E-state index contributed by atoms with van der Waals surface area (Å²) in [7, 11) is 0. The highest BCUT2D eigenvalue weighted by atomic mass is 79.9. The molecule has 0 atom stereocenters. The van der Waals surface area contributed by atoms with Crippen molar-refractivity contribution in [3.05, 3.63) is 93.0 Å². The first-order valence-electron chi connectivity index (χ1n) is 11.4.